The Kier molecular flexibility index (Phi) is 11.3. The number of nitrogens with zero attached hydrogens (tertiary/aromatic N) is 3. The van der Waals surface area contributed by atoms with E-state index in [1.165, 1.54) is 31.1 Å². The Bertz CT molecular complexity index is 1400. The molecule has 0 fully saturated rings. The van der Waals surface area contributed by atoms with Gasteiger partial charge in [-0.3, -0.25) is 9.59 Å². The molecule has 220 valence electrons. The summed E-state index contributed by atoms with van der Waals surface area (Å²) < 4.78 is 42.3. The second-order valence-electron chi connectivity index (χ2n) is 9.94. The lowest BCUT2D eigenvalue weighted by molar-refractivity contribution is -0.140. The third-order valence-electron chi connectivity index (χ3n) is 6.67. The van der Waals surface area contributed by atoms with Crippen LogP contribution in [-0.2, 0) is 32.8 Å². The van der Waals surface area contributed by atoms with Gasteiger partial charge in [-0.25, -0.2) is 8.70 Å². The SMILES string of the molecule is CC[C@H](C)NC(=O)[C@H](Cc1ccccc1)N(Cc1ccc(Cl)cc1)C(=O)CN(c1ccc(F)cc1)S(=O)(=O)N(C)C. The van der Waals surface area contributed by atoms with E-state index >= 15 is 0 Å². The standard InChI is InChI=1S/C30H36ClFN4O4S/c1-5-22(2)33-30(38)28(19-23-9-7-6-8-10-23)35(20-24-11-13-25(31)14-12-24)29(37)21-36(41(39,40)34(3)4)27-17-15-26(32)16-18-27/h6-18,22,28H,5,19-21H2,1-4H3,(H,33,38)/t22-,28-/m0/s1. The van der Waals surface area contributed by atoms with Crippen LogP contribution in [0.15, 0.2) is 78.9 Å². The molecule has 2 atom stereocenters. The van der Waals surface area contributed by atoms with Gasteiger partial charge in [0.25, 0.3) is 0 Å². The van der Waals surface area contributed by atoms with Gasteiger partial charge >= 0.3 is 10.2 Å². The number of anilines is 1. The molecule has 41 heavy (non-hydrogen) atoms. The minimum atomic E-state index is -4.16. The number of hydrogen-bond donors (Lipinski definition) is 1. The van der Waals surface area contributed by atoms with Gasteiger partial charge in [-0.15, -0.1) is 0 Å². The van der Waals surface area contributed by atoms with Crippen molar-refractivity contribution in [1.29, 1.82) is 0 Å². The first-order valence-corrected chi connectivity index (χ1v) is 15.0. The second kappa shape index (κ2) is 14.4. The van der Waals surface area contributed by atoms with Crippen molar-refractivity contribution >= 4 is 39.3 Å². The quantitative estimate of drug-likeness (QED) is 0.308. The summed E-state index contributed by atoms with van der Waals surface area (Å²) in [6.45, 7) is 3.24. The molecule has 0 saturated heterocycles. The number of hydrogen-bond acceptors (Lipinski definition) is 4. The summed E-state index contributed by atoms with van der Waals surface area (Å²) in [4.78, 5) is 29.2. The molecule has 3 aromatic carbocycles. The molecule has 0 aromatic heterocycles. The highest BCUT2D eigenvalue weighted by Crippen LogP contribution is 2.22. The zero-order valence-electron chi connectivity index (χ0n) is 23.6. The number of nitrogens with one attached hydrogen (secondary N) is 1. The molecule has 0 aliphatic carbocycles. The van der Waals surface area contributed by atoms with Crippen LogP contribution < -0.4 is 9.62 Å². The molecule has 1 N–H and O–H groups in total. The average Bonchev–Trinajstić information content (AvgIpc) is 2.95. The Morgan fingerprint density at radius 1 is 0.927 bits per heavy atom. The lowest BCUT2D eigenvalue weighted by atomic mass is 10.0. The zero-order valence-corrected chi connectivity index (χ0v) is 25.2. The molecule has 3 rings (SSSR count). The maximum Gasteiger partial charge on any atom is 0.304 e. The van der Waals surface area contributed by atoms with Crippen molar-refractivity contribution in [3.05, 3.63) is 101 Å². The fourth-order valence-corrected chi connectivity index (χ4v) is 5.29. The van der Waals surface area contributed by atoms with Crippen LogP contribution in [-0.4, -0.2) is 62.2 Å². The molecule has 8 nitrogen and oxygen atoms in total. The summed E-state index contributed by atoms with van der Waals surface area (Å²) in [6, 6.07) is 19.9. The van der Waals surface area contributed by atoms with E-state index in [9.17, 15) is 22.4 Å². The molecule has 0 spiro atoms. The molecular weight excluding hydrogens is 567 g/mol. The van der Waals surface area contributed by atoms with Crippen molar-refractivity contribution < 1.29 is 22.4 Å². The normalized spacial score (nSPS) is 13.0. The first-order valence-electron chi connectivity index (χ1n) is 13.3. The van der Waals surface area contributed by atoms with Crippen LogP contribution in [0.1, 0.15) is 31.4 Å². The molecular formula is C30H36ClFN4O4S. The maximum atomic E-state index is 14.1. The number of carbonyl (C=O) groups excluding carboxylic acids is 2. The highest BCUT2D eigenvalue weighted by Gasteiger charge is 2.35. The molecule has 3 aromatic rings. The highest BCUT2D eigenvalue weighted by atomic mass is 35.5. The summed E-state index contributed by atoms with van der Waals surface area (Å²) >= 11 is 6.08. The molecule has 2 amide bonds. The minimum Gasteiger partial charge on any atom is -0.352 e. The summed E-state index contributed by atoms with van der Waals surface area (Å²) in [5.41, 5.74) is 1.66. The Morgan fingerprint density at radius 3 is 2.10 bits per heavy atom. The van der Waals surface area contributed by atoms with Gasteiger partial charge in [-0.05, 0) is 60.9 Å². The summed E-state index contributed by atoms with van der Waals surface area (Å²) in [5, 5.41) is 3.50. The predicted molar refractivity (Wildman–Crippen MR) is 160 cm³/mol. The zero-order chi connectivity index (χ0) is 30.2. The van der Waals surface area contributed by atoms with Crippen LogP contribution in [0.2, 0.25) is 5.02 Å². The maximum absolute atomic E-state index is 14.1. The summed E-state index contributed by atoms with van der Waals surface area (Å²) in [6.07, 6.45) is 0.897. The van der Waals surface area contributed by atoms with Gasteiger partial charge in [-0.1, -0.05) is 61.0 Å². The van der Waals surface area contributed by atoms with Gasteiger partial charge < -0.3 is 10.2 Å². The van der Waals surface area contributed by atoms with E-state index in [1.807, 2.05) is 44.2 Å². The topological polar surface area (TPSA) is 90.0 Å². The number of carbonyl (C=O) groups is 2. The molecule has 0 saturated carbocycles. The molecule has 11 heteroatoms. The van der Waals surface area contributed by atoms with E-state index in [4.69, 9.17) is 11.6 Å². The van der Waals surface area contributed by atoms with Crippen molar-refractivity contribution in [2.75, 3.05) is 24.9 Å². The van der Waals surface area contributed by atoms with Gasteiger partial charge in [0.15, 0.2) is 0 Å². The third-order valence-corrected chi connectivity index (χ3v) is 8.74. The van der Waals surface area contributed by atoms with Crippen LogP contribution in [0.5, 0.6) is 0 Å². The molecule has 0 aliphatic rings. The molecule has 0 aliphatic heterocycles. The molecule has 0 bridgehead atoms. The van der Waals surface area contributed by atoms with Crippen molar-refractivity contribution in [3.8, 4) is 0 Å². The molecule has 0 heterocycles. The number of halogens is 2. The van der Waals surface area contributed by atoms with Crippen molar-refractivity contribution in [2.24, 2.45) is 0 Å². The van der Waals surface area contributed by atoms with Gasteiger partial charge in [0.1, 0.15) is 18.4 Å². The summed E-state index contributed by atoms with van der Waals surface area (Å²) in [7, 11) is -1.47. The van der Waals surface area contributed by atoms with E-state index in [0.29, 0.717) is 17.0 Å². The lowest BCUT2D eigenvalue weighted by Crippen LogP contribution is -2.55. The Hall–Kier alpha value is -3.47. The summed E-state index contributed by atoms with van der Waals surface area (Å²) in [5.74, 6) is -1.50. The van der Waals surface area contributed by atoms with Crippen LogP contribution >= 0.6 is 11.6 Å². The Morgan fingerprint density at radius 2 is 1.54 bits per heavy atom. The van der Waals surface area contributed by atoms with Gasteiger partial charge in [0.05, 0.1) is 5.69 Å². The third kappa shape index (κ3) is 8.76. The largest absolute Gasteiger partial charge is 0.352 e. The van der Waals surface area contributed by atoms with Gasteiger partial charge in [0, 0.05) is 38.1 Å². The van der Waals surface area contributed by atoms with Gasteiger partial charge in [-0.2, -0.15) is 12.7 Å². The number of benzene rings is 3. The van der Waals surface area contributed by atoms with Crippen LogP contribution in [0.25, 0.3) is 0 Å². The number of amides is 2. The van der Waals surface area contributed by atoms with Crippen molar-refractivity contribution in [1.82, 2.24) is 14.5 Å². The molecule has 0 radical (unpaired) electrons. The van der Waals surface area contributed by atoms with E-state index < -0.39 is 34.5 Å². The van der Waals surface area contributed by atoms with Crippen LogP contribution in [0, 0.1) is 5.82 Å². The van der Waals surface area contributed by atoms with Crippen molar-refractivity contribution in [2.45, 2.75) is 45.3 Å². The monoisotopic (exact) mass is 602 g/mol. The molecule has 0 unspecified atom stereocenters. The van der Waals surface area contributed by atoms with Gasteiger partial charge in [0.2, 0.25) is 11.8 Å². The Labute approximate surface area is 246 Å². The average molecular weight is 603 g/mol. The van der Waals surface area contributed by atoms with E-state index in [1.54, 1.807) is 24.3 Å². The second-order valence-corrected chi connectivity index (χ2v) is 12.4. The highest BCUT2D eigenvalue weighted by molar-refractivity contribution is 7.90. The van der Waals surface area contributed by atoms with Crippen LogP contribution in [0.4, 0.5) is 10.1 Å². The Balaban J connectivity index is 2.08. The fraction of sp³-hybridized carbons (Fsp3) is 0.333. The first kappa shape index (κ1) is 32.0. The first-order chi connectivity index (χ1) is 19.4. The lowest BCUT2D eigenvalue weighted by Gasteiger charge is -2.35. The smallest absolute Gasteiger partial charge is 0.304 e. The van der Waals surface area contributed by atoms with Crippen LogP contribution in [0.3, 0.4) is 0 Å². The van der Waals surface area contributed by atoms with E-state index in [-0.39, 0.29) is 30.6 Å². The number of rotatable bonds is 13. The predicted octanol–water partition coefficient (Wildman–Crippen LogP) is 4.65. The minimum absolute atomic E-state index is 0.0285. The van der Waals surface area contributed by atoms with E-state index in [0.717, 1.165) is 26.3 Å². The van der Waals surface area contributed by atoms with Crippen molar-refractivity contribution in [3.63, 3.8) is 0 Å². The van der Waals surface area contributed by atoms with E-state index in [2.05, 4.69) is 5.32 Å². The fourth-order valence-electron chi connectivity index (χ4n) is 4.11.